The van der Waals surface area contributed by atoms with Gasteiger partial charge in [0.25, 0.3) is 0 Å². The molecule has 1 aromatic carbocycles. The van der Waals surface area contributed by atoms with Crippen molar-refractivity contribution in [2.45, 2.75) is 70.2 Å². The van der Waals surface area contributed by atoms with E-state index in [1.807, 2.05) is 68.9 Å². The first-order valence-corrected chi connectivity index (χ1v) is 12.7. The van der Waals surface area contributed by atoms with Crippen molar-refractivity contribution < 1.29 is 14.3 Å². The molecule has 0 spiro atoms. The second-order valence-corrected chi connectivity index (χ2v) is 11.1. The fourth-order valence-corrected chi connectivity index (χ4v) is 5.53. The van der Waals surface area contributed by atoms with Gasteiger partial charge >= 0.3 is 6.09 Å². The zero-order chi connectivity index (χ0) is 26.3. The Morgan fingerprint density at radius 3 is 2.65 bits per heavy atom. The number of carbonyl (C=O) groups is 2. The van der Waals surface area contributed by atoms with E-state index in [2.05, 4.69) is 21.4 Å². The summed E-state index contributed by atoms with van der Waals surface area (Å²) in [6.07, 6.45) is 6.06. The summed E-state index contributed by atoms with van der Waals surface area (Å²) in [5.74, 6) is -0.183. The normalized spacial score (nSPS) is 21.6. The molecule has 1 N–H and O–H groups in total. The minimum Gasteiger partial charge on any atom is -0.444 e. The van der Waals surface area contributed by atoms with Gasteiger partial charge in [-0.1, -0.05) is 24.3 Å². The molecular formula is C28H32N6O3. The summed E-state index contributed by atoms with van der Waals surface area (Å²) in [4.78, 5) is 36.7. The molecule has 1 aliphatic carbocycles. The van der Waals surface area contributed by atoms with Crippen LogP contribution < -0.4 is 5.32 Å². The number of likely N-dealkylation sites (tertiary alicyclic amines) is 1. The van der Waals surface area contributed by atoms with Crippen molar-refractivity contribution in [2.75, 3.05) is 0 Å². The molecule has 1 saturated heterocycles. The number of benzene rings is 1. The van der Waals surface area contributed by atoms with Gasteiger partial charge in [0.2, 0.25) is 5.91 Å². The molecule has 1 saturated carbocycles. The van der Waals surface area contributed by atoms with Gasteiger partial charge in [0, 0.05) is 31.3 Å². The van der Waals surface area contributed by atoms with Gasteiger partial charge in [-0.3, -0.25) is 9.69 Å². The average molecular weight is 501 g/mol. The number of hydrogen-bond acceptors (Lipinski definition) is 6. The van der Waals surface area contributed by atoms with E-state index in [1.165, 1.54) is 0 Å². The fourth-order valence-electron chi connectivity index (χ4n) is 5.53. The number of nitrogens with one attached hydrogen (secondary N) is 1. The van der Waals surface area contributed by atoms with Crippen molar-refractivity contribution in [1.29, 1.82) is 5.26 Å². The Morgan fingerprint density at radius 1 is 1.19 bits per heavy atom. The van der Waals surface area contributed by atoms with Crippen LogP contribution in [-0.2, 0) is 23.0 Å². The molecule has 3 aromatic rings. The highest BCUT2D eigenvalue weighted by Crippen LogP contribution is 2.43. The number of piperidine rings is 1. The van der Waals surface area contributed by atoms with Crippen LogP contribution in [-0.4, -0.2) is 55.2 Å². The van der Waals surface area contributed by atoms with E-state index < -0.39 is 23.8 Å². The van der Waals surface area contributed by atoms with Crippen molar-refractivity contribution in [3.63, 3.8) is 0 Å². The Hall–Kier alpha value is -3.93. The highest BCUT2D eigenvalue weighted by molar-refractivity contribution is 5.87. The molecule has 1 aliphatic heterocycles. The lowest BCUT2D eigenvalue weighted by Crippen LogP contribution is -2.55. The lowest BCUT2D eigenvalue weighted by molar-refractivity contribution is -0.128. The monoisotopic (exact) mass is 500 g/mol. The largest absolute Gasteiger partial charge is 0.444 e. The van der Waals surface area contributed by atoms with E-state index in [0.717, 1.165) is 47.1 Å². The van der Waals surface area contributed by atoms with Gasteiger partial charge in [0.1, 0.15) is 23.2 Å². The maximum absolute atomic E-state index is 13.3. The minimum atomic E-state index is -0.704. The number of ether oxygens (including phenoxy) is 1. The molecule has 0 radical (unpaired) electrons. The maximum Gasteiger partial charge on any atom is 0.411 e. The van der Waals surface area contributed by atoms with Crippen LogP contribution in [0.3, 0.4) is 0 Å². The predicted molar refractivity (Wildman–Crippen MR) is 138 cm³/mol. The lowest BCUT2D eigenvalue weighted by Gasteiger charge is -2.35. The molecule has 192 valence electrons. The second-order valence-electron chi connectivity index (χ2n) is 11.1. The molecule has 4 unspecified atom stereocenters. The van der Waals surface area contributed by atoms with E-state index in [0.29, 0.717) is 6.42 Å². The summed E-state index contributed by atoms with van der Waals surface area (Å²) in [5.41, 5.74) is 3.91. The molecule has 2 bridgehead atoms. The molecule has 4 atom stereocenters. The number of carbonyl (C=O) groups excluding carboxylic acids is 2. The van der Waals surface area contributed by atoms with Crippen LogP contribution in [0.5, 0.6) is 0 Å². The van der Waals surface area contributed by atoms with Gasteiger partial charge in [-0.15, -0.1) is 0 Å². The van der Waals surface area contributed by atoms with E-state index in [9.17, 15) is 14.9 Å². The number of fused-ring (bicyclic) bond motifs is 3. The van der Waals surface area contributed by atoms with Crippen molar-refractivity contribution in [2.24, 2.45) is 13.0 Å². The number of nitrogens with zero attached hydrogens (tertiary/aromatic N) is 5. The van der Waals surface area contributed by atoms with Crippen molar-refractivity contribution in [3.8, 4) is 17.2 Å². The quantitative estimate of drug-likeness (QED) is 0.567. The molecule has 2 aliphatic rings. The molecule has 5 rings (SSSR count). The number of hydrogen-bond donors (Lipinski definition) is 1. The number of rotatable bonds is 5. The van der Waals surface area contributed by atoms with Crippen molar-refractivity contribution in [3.05, 3.63) is 48.4 Å². The summed E-state index contributed by atoms with van der Waals surface area (Å²) in [6.45, 7) is 5.45. The molecule has 3 heterocycles. The van der Waals surface area contributed by atoms with E-state index in [1.54, 1.807) is 11.2 Å². The van der Waals surface area contributed by atoms with Gasteiger partial charge < -0.3 is 14.6 Å². The number of aryl methyl sites for hydroxylation is 1. The van der Waals surface area contributed by atoms with Crippen molar-refractivity contribution in [1.82, 2.24) is 24.8 Å². The molecular weight excluding hydrogens is 468 g/mol. The topological polar surface area (TPSA) is 113 Å². The van der Waals surface area contributed by atoms with Crippen LogP contribution in [0.4, 0.5) is 4.79 Å². The van der Waals surface area contributed by atoms with Crippen LogP contribution in [0.25, 0.3) is 22.3 Å². The van der Waals surface area contributed by atoms with Gasteiger partial charge in [0.05, 0.1) is 12.4 Å². The Labute approximate surface area is 216 Å². The Bertz CT molecular complexity index is 1370. The number of aromatic nitrogens is 3. The molecule has 2 fully saturated rings. The summed E-state index contributed by atoms with van der Waals surface area (Å²) in [6, 6.07) is 10.8. The zero-order valence-electron chi connectivity index (χ0n) is 21.6. The smallest absolute Gasteiger partial charge is 0.411 e. The number of nitriles is 1. The predicted octanol–water partition coefficient (Wildman–Crippen LogP) is 3.97. The van der Waals surface area contributed by atoms with Crippen LogP contribution >= 0.6 is 0 Å². The van der Waals surface area contributed by atoms with Crippen LogP contribution in [0.1, 0.15) is 45.6 Å². The third kappa shape index (κ3) is 5.01. The number of pyridine rings is 1. The van der Waals surface area contributed by atoms with E-state index in [4.69, 9.17) is 4.74 Å². The van der Waals surface area contributed by atoms with Crippen LogP contribution in [0.2, 0.25) is 0 Å². The van der Waals surface area contributed by atoms with E-state index >= 15 is 0 Å². The maximum atomic E-state index is 13.3. The molecule has 37 heavy (non-hydrogen) atoms. The summed E-state index contributed by atoms with van der Waals surface area (Å²) in [7, 11) is 1.91. The first-order valence-electron chi connectivity index (χ1n) is 12.7. The van der Waals surface area contributed by atoms with Crippen LogP contribution in [0, 0.1) is 17.2 Å². The number of imidazole rings is 1. The Balaban J connectivity index is 1.25. The van der Waals surface area contributed by atoms with Gasteiger partial charge in [-0.2, -0.15) is 5.26 Å². The van der Waals surface area contributed by atoms with Crippen LogP contribution in [0.15, 0.2) is 42.9 Å². The highest BCUT2D eigenvalue weighted by Gasteiger charge is 2.52. The Morgan fingerprint density at radius 2 is 1.95 bits per heavy atom. The summed E-state index contributed by atoms with van der Waals surface area (Å²) in [5, 5.41) is 12.7. The fraction of sp³-hybridized carbons (Fsp3) is 0.464. The highest BCUT2D eigenvalue weighted by atomic mass is 16.6. The Kier molecular flexibility index (Phi) is 6.36. The lowest BCUT2D eigenvalue weighted by atomic mass is 9.97. The zero-order valence-corrected chi connectivity index (χ0v) is 21.6. The minimum absolute atomic E-state index is 0.0171. The van der Waals surface area contributed by atoms with Crippen molar-refractivity contribution >= 4 is 23.2 Å². The third-order valence-corrected chi connectivity index (χ3v) is 7.21. The molecule has 2 aromatic heterocycles. The standard InChI is InChI=1S/C28H32N6O3/c1-28(2,3)37-27(36)34-22-10-9-19(12-22)24(34)26(35)32-21(14-29)11-17-5-7-18(8-6-17)20-13-23-25(30-15-20)33(4)16-31-23/h5-8,13,15-16,19,21-22,24H,9-12H2,1-4H3,(H,32,35). The number of amides is 2. The first kappa shape index (κ1) is 24.8. The SMILES string of the molecule is Cn1cnc2cc(-c3ccc(CC(C#N)NC(=O)C4C5CCC(C5)N4C(=O)OC(C)(C)C)cc3)cnc21. The summed E-state index contributed by atoms with van der Waals surface area (Å²) < 4.78 is 7.46. The first-order chi connectivity index (χ1) is 17.6. The van der Waals surface area contributed by atoms with E-state index in [-0.39, 0.29) is 17.9 Å². The molecule has 9 heteroatoms. The third-order valence-electron chi connectivity index (χ3n) is 7.21. The second kappa shape index (κ2) is 9.51. The summed E-state index contributed by atoms with van der Waals surface area (Å²) >= 11 is 0. The van der Waals surface area contributed by atoms with Gasteiger partial charge in [-0.25, -0.2) is 14.8 Å². The van der Waals surface area contributed by atoms with Gasteiger partial charge in [0.15, 0.2) is 5.65 Å². The average Bonchev–Trinajstić information content (AvgIpc) is 3.57. The molecule has 9 nitrogen and oxygen atoms in total. The van der Waals surface area contributed by atoms with Gasteiger partial charge in [-0.05, 0) is 63.1 Å². The molecule has 2 amide bonds.